The minimum atomic E-state index is -1.00. The predicted molar refractivity (Wildman–Crippen MR) is 180 cm³/mol. The summed E-state index contributed by atoms with van der Waals surface area (Å²) in [6.45, 7) is 17.7. The van der Waals surface area contributed by atoms with Gasteiger partial charge in [0.15, 0.2) is 0 Å². The summed E-state index contributed by atoms with van der Waals surface area (Å²) < 4.78 is 11.5. The zero-order valence-corrected chi connectivity index (χ0v) is 29.6. The van der Waals surface area contributed by atoms with Gasteiger partial charge in [0.05, 0.1) is 24.3 Å². The molecule has 0 heterocycles. The summed E-state index contributed by atoms with van der Waals surface area (Å²) in [7, 11) is 4.01. The molecule has 45 heavy (non-hydrogen) atoms. The third-order valence-corrected chi connectivity index (χ3v) is 7.80. The number of aliphatic hydroxyl groups is 1. The third-order valence-electron chi connectivity index (χ3n) is 7.80. The molecule has 0 aliphatic carbocycles. The van der Waals surface area contributed by atoms with E-state index in [1.54, 1.807) is 32.9 Å². The molecule has 4 atom stereocenters. The lowest BCUT2D eigenvalue weighted by atomic mass is 9.82. The molecule has 0 saturated carbocycles. The second-order valence-electron chi connectivity index (χ2n) is 14.0. The number of carbonyl (C=O) groups is 3. The van der Waals surface area contributed by atoms with Gasteiger partial charge >= 0.3 is 6.09 Å². The van der Waals surface area contributed by atoms with Crippen LogP contribution in [-0.4, -0.2) is 86.0 Å². The van der Waals surface area contributed by atoms with E-state index in [1.165, 1.54) is 0 Å². The molecule has 0 fully saturated rings. The van der Waals surface area contributed by atoms with Crippen LogP contribution in [0.4, 0.5) is 4.79 Å². The van der Waals surface area contributed by atoms with Gasteiger partial charge in [-0.05, 0) is 90.4 Å². The first-order chi connectivity index (χ1) is 21.0. The van der Waals surface area contributed by atoms with Gasteiger partial charge in [-0.3, -0.25) is 9.59 Å². The second-order valence-corrected chi connectivity index (χ2v) is 14.0. The normalized spacial score (nSPS) is 14.5. The average Bonchev–Trinajstić information content (AvgIpc) is 2.94. The van der Waals surface area contributed by atoms with E-state index < -0.39 is 29.8 Å². The fourth-order valence-electron chi connectivity index (χ4n) is 4.98. The average molecular weight is 635 g/mol. The molecule has 10 heteroatoms. The van der Waals surface area contributed by atoms with Crippen LogP contribution in [0.1, 0.15) is 97.9 Å². The topological polar surface area (TPSA) is 129 Å². The Morgan fingerprint density at radius 3 is 2.20 bits per heavy atom. The number of aliphatic hydroxyl groups excluding tert-OH is 1. The predicted octanol–water partition coefficient (Wildman–Crippen LogP) is 5.24. The summed E-state index contributed by atoms with van der Waals surface area (Å²) in [5.41, 5.74) is -0.255. The van der Waals surface area contributed by atoms with Gasteiger partial charge in [-0.1, -0.05) is 53.2 Å². The molecule has 0 aliphatic heterocycles. The number of hydrogen-bond donors (Lipinski definition) is 4. The molecule has 1 aromatic carbocycles. The molecule has 0 unspecified atom stereocenters. The highest BCUT2D eigenvalue weighted by molar-refractivity contribution is 5.96. The van der Waals surface area contributed by atoms with Crippen LogP contribution in [-0.2, 0) is 9.53 Å². The molecule has 0 bridgehead atoms. The van der Waals surface area contributed by atoms with E-state index in [1.807, 2.05) is 53.9 Å². The minimum absolute atomic E-state index is 0.00574. The van der Waals surface area contributed by atoms with Crippen molar-refractivity contribution in [3.8, 4) is 5.75 Å². The maximum Gasteiger partial charge on any atom is 0.407 e. The molecule has 0 radical (unpaired) electrons. The molecule has 4 N–H and O–H groups in total. The molecule has 10 nitrogen and oxygen atoms in total. The van der Waals surface area contributed by atoms with Crippen LogP contribution in [0, 0.1) is 23.7 Å². The zero-order valence-electron chi connectivity index (χ0n) is 29.6. The van der Waals surface area contributed by atoms with Crippen molar-refractivity contribution >= 4 is 17.9 Å². The standard InChI is InChI=1S/C35H62N4O6/c1-11-12-18-36-33(42)28(25(4)5)22-30(40)29(38-34(43)45-35(6,7)8)21-26(24(2)3)23-37-32(41)27-16-13-14-17-31(27)44-20-15-19-39(9)10/h13-14,16-17,24-26,28-30,40H,11-12,15,18-23H2,1-10H3,(H,36,42)(H,37,41)(H,38,43)/t26-,28+,29+,30+/m1/s1. The summed E-state index contributed by atoms with van der Waals surface area (Å²) in [4.78, 5) is 41.3. The van der Waals surface area contributed by atoms with Crippen molar-refractivity contribution in [2.45, 2.75) is 105 Å². The summed E-state index contributed by atoms with van der Waals surface area (Å²) in [6.07, 6.45) is 1.62. The van der Waals surface area contributed by atoms with Gasteiger partial charge in [0.2, 0.25) is 5.91 Å². The van der Waals surface area contributed by atoms with E-state index in [0.717, 1.165) is 25.8 Å². The van der Waals surface area contributed by atoms with E-state index in [9.17, 15) is 19.5 Å². The fourth-order valence-corrected chi connectivity index (χ4v) is 4.98. The quantitative estimate of drug-likeness (QED) is 0.144. The first kappa shape index (κ1) is 40.2. The fraction of sp³-hybridized carbons (Fsp3) is 0.743. The highest BCUT2D eigenvalue weighted by Gasteiger charge is 2.33. The largest absolute Gasteiger partial charge is 0.493 e. The molecular weight excluding hydrogens is 572 g/mol. The maximum atomic E-state index is 13.3. The van der Waals surface area contributed by atoms with E-state index in [4.69, 9.17) is 9.47 Å². The molecule has 0 spiro atoms. The van der Waals surface area contributed by atoms with Gasteiger partial charge in [-0.25, -0.2) is 4.79 Å². The molecule has 258 valence electrons. The van der Waals surface area contributed by atoms with Crippen LogP contribution in [0.3, 0.4) is 0 Å². The molecule has 0 aromatic heterocycles. The lowest BCUT2D eigenvalue weighted by molar-refractivity contribution is -0.127. The van der Waals surface area contributed by atoms with Gasteiger partial charge in [-0.2, -0.15) is 0 Å². The number of nitrogens with one attached hydrogen (secondary N) is 3. The Morgan fingerprint density at radius 2 is 1.62 bits per heavy atom. The number of nitrogens with zero attached hydrogens (tertiary/aromatic N) is 1. The Balaban J connectivity index is 3.09. The smallest absolute Gasteiger partial charge is 0.407 e. The molecule has 1 aromatic rings. The van der Waals surface area contributed by atoms with Gasteiger partial charge in [-0.15, -0.1) is 0 Å². The summed E-state index contributed by atoms with van der Waals surface area (Å²) >= 11 is 0. The van der Waals surface area contributed by atoms with Crippen molar-refractivity contribution in [2.24, 2.45) is 23.7 Å². The Bertz CT molecular complexity index is 1020. The summed E-state index contributed by atoms with van der Waals surface area (Å²) in [5.74, 6) is -0.205. The maximum absolute atomic E-state index is 13.3. The second kappa shape index (κ2) is 20.3. The number of unbranched alkanes of at least 4 members (excludes halogenated alkanes) is 1. The van der Waals surface area contributed by atoms with Crippen molar-refractivity contribution in [3.63, 3.8) is 0 Å². The van der Waals surface area contributed by atoms with Crippen molar-refractivity contribution in [1.82, 2.24) is 20.9 Å². The molecule has 0 aliphatic rings. The first-order valence-corrected chi connectivity index (χ1v) is 16.7. The van der Waals surface area contributed by atoms with E-state index in [0.29, 0.717) is 37.4 Å². The van der Waals surface area contributed by atoms with Crippen LogP contribution >= 0.6 is 0 Å². The van der Waals surface area contributed by atoms with E-state index >= 15 is 0 Å². The molecule has 3 amide bonds. The minimum Gasteiger partial charge on any atom is -0.493 e. The monoisotopic (exact) mass is 634 g/mol. The number of amides is 3. The van der Waals surface area contributed by atoms with Crippen LogP contribution in [0.25, 0.3) is 0 Å². The van der Waals surface area contributed by atoms with Crippen LogP contribution < -0.4 is 20.7 Å². The van der Waals surface area contributed by atoms with Crippen molar-refractivity contribution in [3.05, 3.63) is 29.8 Å². The number of rotatable bonds is 20. The van der Waals surface area contributed by atoms with E-state index in [2.05, 4.69) is 27.8 Å². The summed E-state index contributed by atoms with van der Waals surface area (Å²) in [5, 5.41) is 20.4. The van der Waals surface area contributed by atoms with Gasteiger partial charge in [0, 0.05) is 25.6 Å². The molecular formula is C35H62N4O6. The number of para-hydroxylation sites is 1. The zero-order chi connectivity index (χ0) is 34.2. The lowest BCUT2D eigenvalue weighted by Gasteiger charge is -2.33. The Hall–Kier alpha value is -2.85. The number of hydrogen-bond acceptors (Lipinski definition) is 7. The Morgan fingerprint density at radius 1 is 0.956 bits per heavy atom. The molecule has 1 rings (SSSR count). The summed E-state index contributed by atoms with van der Waals surface area (Å²) in [6, 6.07) is 6.50. The molecule has 0 saturated heterocycles. The van der Waals surface area contributed by atoms with Gasteiger partial charge in [0.25, 0.3) is 5.91 Å². The van der Waals surface area contributed by atoms with Crippen molar-refractivity contribution < 1.29 is 29.0 Å². The van der Waals surface area contributed by atoms with Gasteiger partial charge < -0.3 is 35.4 Å². The van der Waals surface area contributed by atoms with Crippen LogP contribution in [0.2, 0.25) is 0 Å². The number of carbonyl (C=O) groups excluding carboxylic acids is 3. The number of alkyl carbamates (subject to hydrolysis) is 1. The van der Waals surface area contributed by atoms with Crippen molar-refractivity contribution in [2.75, 3.05) is 40.3 Å². The van der Waals surface area contributed by atoms with Crippen LogP contribution in [0.15, 0.2) is 24.3 Å². The highest BCUT2D eigenvalue weighted by Crippen LogP contribution is 2.25. The number of ether oxygens (including phenoxy) is 2. The third kappa shape index (κ3) is 16.3. The van der Waals surface area contributed by atoms with Crippen molar-refractivity contribution in [1.29, 1.82) is 0 Å². The van der Waals surface area contributed by atoms with E-state index in [-0.39, 0.29) is 36.0 Å². The van der Waals surface area contributed by atoms with Gasteiger partial charge in [0.1, 0.15) is 11.4 Å². The Kier molecular flexibility index (Phi) is 18.1. The SMILES string of the molecule is CCCCNC(=O)[C@@H](C[C@H](O)[C@H](C[C@H](CNC(=O)c1ccccc1OCCCN(C)C)C(C)C)NC(=O)OC(C)(C)C)C(C)C. The lowest BCUT2D eigenvalue weighted by Crippen LogP contribution is -2.49. The first-order valence-electron chi connectivity index (χ1n) is 16.7. The Labute approximate surface area is 272 Å². The van der Waals surface area contributed by atoms with Crippen LogP contribution in [0.5, 0.6) is 5.75 Å². The number of benzene rings is 1. The highest BCUT2D eigenvalue weighted by atomic mass is 16.6.